The summed E-state index contributed by atoms with van der Waals surface area (Å²) in [6, 6.07) is 74.9. The zero-order chi connectivity index (χ0) is 45.5. The standard InChI is InChI=1S/C66H51N/c1-40-32-63(43(4)29-58(40)56-27-15-23-52-35-46-17-7-9-19-48(46)38-61(52)56)67(64-33-41(2)59(30-44(64)5)57-28-16-24-53-36-47-18-8-10-20-49(47)39-62(53)57)65-34-42(3)60(31-45(65)6)66-54-25-13-11-21-50(54)37-51-22-12-14-26-55(51)66/h7-39H,1-6H3. The third kappa shape index (κ3) is 6.76. The molecule has 0 aromatic heterocycles. The average Bonchev–Trinajstić information content (AvgIpc) is 3.34. The van der Waals surface area contributed by atoms with Crippen molar-refractivity contribution in [3.63, 3.8) is 0 Å². The van der Waals surface area contributed by atoms with Crippen LogP contribution in [0.15, 0.2) is 200 Å². The van der Waals surface area contributed by atoms with Crippen molar-refractivity contribution in [2.24, 2.45) is 0 Å². The molecule has 1 nitrogen and oxygen atoms in total. The molecule has 0 fully saturated rings. The number of nitrogens with zero attached hydrogens (tertiary/aromatic N) is 1. The van der Waals surface area contributed by atoms with Gasteiger partial charge >= 0.3 is 0 Å². The predicted octanol–water partition coefficient (Wildman–Crippen LogP) is 18.9. The zero-order valence-corrected chi connectivity index (χ0v) is 39.0. The van der Waals surface area contributed by atoms with E-state index in [1.807, 2.05) is 0 Å². The van der Waals surface area contributed by atoms with E-state index < -0.39 is 0 Å². The number of fused-ring (bicyclic) bond motifs is 6. The first-order chi connectivity index (χ1) is 32.7. The van der Waals surface area contributed by atoms with Crippen molar-refractivity contribution in [3.8, 4) is 33.4 Å². The maximum Gasteiger partial charge on any atom is 0.0494 e. The van der Waals surface area contributed by atoms with Crippen molar-refractivity contribution in [2.75, 3.05) is 4.90 Å². The number of hydrogen-bond donors (Lipinski definition) is 0. The first-order valence-corrected chi connectivity index (χ1v) is 23.6. The van der Waals surface area contributed by atoms with Crippen LogP contribution in [0.3, 0.4) is 0 Å². The molecular weight excluding hydrogens is 807 g/mol. The Hall–Kier alpha value is -8.00. The molecule has 67 heavy (non-hydrogen) atoms. The molecule has 0 bridgehead atoms. The van der Waals surface area contributed by atoms with Crippen LogP contribution in [-0.2, 0) is 0 Å². The van der Waals surface area contributed by atoms with Gasteiger partial charge in [0.05, 0.1) is 0 Å². The fourth-order valence-electron chi connectivity index (χ4n) is 11.1. The van der Waals surface area contributed by atoms with E-state index in [2.05, 4.69) is 247 Å². The molecule has 0 aliphatic carbocycles. The molecule has 0 spiro atoms. The van der Waals surface area contributed by atoms with Crippen LogP contribution in [0.1, 0.15) is 33.4 Å². The maximum atomic E-state index is 2.55. The number of benzene rings is 12. The molecule has 0 amide bonds. The van der Waals surface area contributed by atoms with Crippen molar-refractivity contribution in [1.82, 2.24) is 0 Å². The summed E-state index contributed by atoms with van der Waals surface area (Å²) in [5, 5.41) is 15.2. The number of rotatable bonds is 6. The molecule has 320 valence electrons. The van der Waals surface area contributed by atoms with Gasteiger partial charge < -0.3 is 4.90 Å². The maximum absolute atomic E-state index is 2.55. The minimum absolute atomic E-state index is 1.18. The van der Waals surface area contributed by atoms with E-state index in [9.17, 15) is 0 Å². The molecule has 1 heteroatoms. The predicted molar refractivity (Wildman–Crippen MR) is 291 cm³/mol. The Morgan fingerprint density at radius 1 is 0.224 bits per heavy atom. The largest absolute Gasteiger partial charge is 0.310 e. The molecular formula is C66H51N. The normalized spacial score (nSPS) is 11.7. The second-order valence-electron chi connectivity index (χ2n) is 18.8. The smallest absolute Gasteiger partial charge is 0.0494 e. The summed E-state index contributed by atoms with van der Waals surface area (Å²) in [5.74, 6) is 0. The first-order valence-electron chi connectivity index (χ1n) is 23.6. The van der Waals surface area contributed by atoms with E-state index in [4.69, 9.17) is 0 Å². The second-order valence-corrected chi connectivity index (χ2v) is 18.8. The Balaban J connectivity index is 1.07. The van der Waals surface area contributed by atoms with Gasteiger partial charge in [-0.15, -0.1) is 0 Å². The molecule has 0 atom stereocenters. The molecule has 12 rings (SSSR count). The molecule has 0 aliphatic rings. The summed E-state index contributed by atoms with van der Waals surface area (Å²) in [6.07, 6.45) is 0. The van der Waals surface area contributed by atoms with E-state index in [0.717, 1.165) is 0 Å². The highest BCUT2D eigenvalue weighted by Gasteiger charge is 2.24. The lowest BCUT2D eigenvalue weighted by atomic mass is 9.88. The molecule has 0 aliphatic heterocycles. The lowest BCUT2D eigenvalue weighted by molar-refractivity contribution is 1.19. The van der Waals surface area contributed by atoms with Gasteiger partial charge in [0, 0.05) is 17.1 Å². The quantitative estimate of drug-likeness (QED) is 0.151. The minimum atomic E-state index is 1.18. The van der Waals surface area contributed by atoms with Gasteiger partial charge in [0.25, 0.3) is 0 Å². The van der Waals surface area contributed by atoms with Crippen LogP contribution in [0.4, 0.5) is 17.1 Å². The topological polar surface area (TPSA) is 3.24 Å². The van der Waals surface area contributed by atoms with Gasteiger partial charge in [0.15, 0.2) is 0 Å². The van der Waals surface area contributed by atoms with Crippen LogP contribution >= 0.6 is 0 Å². The average molecular weight is 858 g/mol. The third-order valence-electron chi connectivity index (χ3n) is 14.5. The van der Waals surface area contributed by atoms with Crippen LogP contribution in [-0.4, -0.2) is 0 Å². The Bertz CT molecular complexity index is 3770. The first kappa shape index (κ1) is 40.5. The second kappa shape index (κ2) is 15.9. The Morgan fingerprint density at radius 3 is 0.970 bits per heavy atom. The van der Waals surface area contributed by atoms with Crippen LogP contribution < -0.4 is 4.90 Å². The summed E-state index contributed by atoms with van der Waals surface area (Å²) in [7, 11) is 0. The van der Waals surface area contributed by atoms with Crippen molar-refractivity contribution in [1.29, 1.82) is 0 Å². The van der Waals surface area contributed by atoms with Crippen LogP contribution in [0, 0.1) is 41.5 Å². The zero-order valence-electron chi connectivity index (χ0n) is 39.0. The molecule has 0 heterocycles. The highest BCUT2D eigenvalue weighted by Crippen LogP contribution is 2.48. The van der Waals surface area contributed by atoms with E-state index in [0.29, 0.717) is 0 Å². The summed E-state index contributed by atoms with van der Waals surface area (Å²) in [6.45, 7) is 13.8. The van der Waals surface area contributed by atoms with Gasteiger partial charge in [-0.2, -0.15) is 0 Å². The highest BCUT2D eigenvalue weighted by atomic mass is 15.1. The molecule has 0 saturated carbocycles. The fraction of sp³-hybridized carbons (Fsp3) is 0.0909. The molecule has 0 saturated heterocycles. The SMILES string of the molecule is Cc1cc(N(c2cc(C)c(-c3cccc4cc5ccccc5cc34)cc2C)c2cc(C)c(-c3c4ccccc4cc4ccccc34)cc2C)c(C)cc1-c1cccc2cc3ccccc3cc12. The minimum Gasteiger partial charge on any atom is -0.310 e. The van der Waals surface area contributed by atoms with E-state index in [1.165, 1.54) is 148 Å². The lowest BCUT2D eigenvalue weighted by Crippen LogP contribution is -2.15. The summed E-state index contributed by atoms with van der Waals surface area (Å²) in [4.78, 5) is 2.55. The molecule has 12 aromatic rings. The number of anilines is 3. The van der Waals surface area contributed by atoms with E-state index >= 15 is 0 Å². The van der Waals surface area contributed by atoms with Crippen LogP contribution in [0.5, 0.6) is 0 Å². The monoisotopic (exact) mass is 857 g/mol. The van der Waals surface area contributed by atoms with Gasteiger partial charge in [-0.25, -0.2) is 0 Å². The van der Waals surface area contributed by atoms with Gasteiger partial charge in [0.2, 0.25) is 0 Å². The van der Waals surface area contributed by atoms with Crippen molar-refractivity contribution < 1.29 is 0 Å². The molecule has 0 radical (unpaired) electrons. The Morgan fingerprint density at radius 2 is 0.537 bits per heavy atom. The summed E-state index contributed by atoms with van der Waals surface area (Å²) in [5.41, 5.74) is 18.6. The summed E-state index contributed by atoms with van der Waals surface area (Å²) >= 11 is 0. The molecule has 12 aromatic carbocycles. The van der Waals surface area contributed by atoms with Gasteiger partial charge in [0.1, 0.15) is 0 Å². The Kier molecular flexibility index (Phi) is 9.59. The number of hydrogen-bond acceptors (Lipinski definition) is 1. The molecule has 0 N–H and O–H groups in total. The van der Waals surface area contributed by atoms with Gasteiger partial charge in [-0.3, -0.25) is 0 Å². The van der Waals surface area contributed by atoms with Gasteiger partial charge in [-0.1, -0.05) is 133 Å². The van der Waals surface area contributed by atoms with E-state index in [-0.39, 0.29) is 0 Å². The highest BCUT2D eigenvalue weighted by molar-refractivity contribution is 6.14. The lowest BCUT2D eigenvalue weighted by Gasteiger charge is -2.32. The third-order valence-corrected chi connectivity index (χ3v) is 14.5. The van der Waals surface area contributed by atoms with Gasteiger partial charge in [-0.05, 0) is 240 Å². The van der Waals surface area contributed by atoms with Crippen molar-refractivity contribution in [2.45, 2.75) is 41.5 Å². The van der Waals surface area contributed by atoms with Crippen LogP contribution in [0.25, 0.3) is 98.0 Å². The number of aryl methyl sites for hydroxylation is 6. The molecule has 0 unspecified atom stereocenters. The van der Waals surface area contributed by atoms with Crippen molar-refractivity contribution in [3.05, 3.63) is 234 Å². The Labute approximate surface area is 393 Å². The summed E-state index contributed by atoms with van der Waals surface area (Å²) < 4.78 is 0. The fourth-order valence-corrected chi connectivity index (χ4v) is 11.1. The van der Waals surface area contributed by atoms with Crippen LogP contribution in [0.2, 0.25) is 0 Å². The van der Waals surface area contributed by atoms with Crippen molar-refractivity contribution >= 4 is 81.7 Å². The van der Waals surface area contributed by atoms with E-state index in [1.54, 1.807) is 0 Å².